The number of hydrogen-bond donors (Lipinski definition) is 1. The molecule has 0 bridgehead atoms. The van der Waals surface area contributed by atoms with Crippen LogP contribution in [0.25, 0.3) is 0 Å². The molecule has 13 heavy (non-hydrogen) atoms. The normalized spacial score (nSPS) is 16.6. The molecule has 0 saturated heterocycles. The molecule has 0 unspecified atom stereocenters. The van der Waals surface area contributed by atoms with E-state index >= 15 is 0 Å². The zero-order chi connectivity index (χ0) is 9.68. The fourth-order valence-electron chi connectivity index (χ4n) is 1.26. The molecule has 0 fully saturated rings. The van der Waals surface area contributed by atoms with Crippen molar-refractivity contribution in [2.24, 2.45) is 11.1 Å². The van der Waals surface area contributed by atoms with E-state index in [4.69, 9.17) is 4.84 Å². The van der Waals surface area contributed by atoms with Crippen LogP contribution >= 0.6 is 0 Å². The van der Waals surface area contributed by atoms with Crippen LogP contribution in [0.1, 0.15) is 26.7 Å². The molecule has 0 amide bonds. The van der Waals surface area contributed by atoms with Crippen molar-refractivity contribution in [2.45, 2.75) is 26.7 Å². The van der Waals surface area contributed by atoms with E-state index in [2.05, 4.69) is 30.4 Å². The molecule has 3 heteroatoms. The van der Waals surface area contributed by atoms with Gasteiger partial charge in [0.15, 0.2) is 0 Å². The van der Waals surface area contributed by atoms with Gasteiger partial charge in [0.05, 0.1) is 5.71 Å². The van der Waals surface area contributed by atoms with Crippen LogP contribution in [0, 0.1) is 5.92 Å². The first-order chi connectivity index (χ1) is 6.22. The summed E-state index contributed by atoms with van der Waals surface area (Å²) in [6.45, 7) is 5.17. The third-order valence-electron chi connectivity index (χ3n) is 1.85. The minimum atomic E-state index is 0.632. The van der Waals surface area contributed by atoms with Gasteiger partial charge in [-0.2, -0.15) is 0 Å². The molecule has 0 aliphatic carbocycles. The predicted octanol–water partition coefficient (Wildman–Crippen LogP) is 1.91. The number of allylic oxidation sites excluding steroid dienone is 2. The van der Waals surface area contributed by atoms with Gasteiger partial charge in [0.25, 0.3) is 0 Å². The molecule has 1 heterocycles. The van der Waals surface area contributed by atoms with Crippen LogP contribution in [0.3, 0.4) is 0 Å². The molecule has 1 rings (SSSR count). The Labute approximate surface area is 79.8 Å². The Balaban J connectivity index is 2.35. The summed E-state index contributed by atoms with van der Waals surface area (Å²) in [5, 5.41) is 7.09. The molecule has 0 aromatic rings. The van der Waals surface area contributed by atoms with E-state index in [1.54, 1.807) is 0 Å². The summed E-state index contributed by atoms with van der Waals surface area (Å²) >= 11 is 0. The van der Waals surface area contributed by atoms with Crippen molar-refractivity contribution < 1.29 is 4.84 Å². The van der Waals surface area contributed by atoms with Crippen molar-refractivity contribution in [3.05, 3.63) is 11.8 Å². The molecule has 0 aromatic heterocycles. The lowest BCUT2D eigenvalue weighted by Crippen LogP contribution is -2.20. The first kappa shape index (κ1) is 10.3. The minimum Gasteiger partial charge on any atom is -0.362 e. The van der Waals surface area contributed by atoms with Gasteiger partial charge in [0, 0.05) is 19.4 Å². The Morgan fingerprint density at radius 2 is 2.38 bits per heavy atom. The zero-order valence-corrected chi connectivity index (χ0v) is 8.63. The van der Waals surface area contributed by atoms with Crippen molar-refractivity contribution >= 4 is 5.71 Å². The molecule has 0 radical (unpaired) electrons. The van der Waals surface area contributed by atoms with Crippen LogP contribution in [0.2, 0.25) is 0 Å². The topological polar surface area (TPSA) is 33.6 Å². The van der Waals surface area contributed by atoms with Gasteiger partial charge >= 0.3 is 0 Å². The summed E-state index contributed by atoms with van der Waals surface area (Å²) < 4.78 is 0. The average molecular weight is 182 g/mol. The van der Waals surface area contributed by atoms with Crippen LogP contribution in [0.4, 0.5) is 0 Å². The second-order valence-electron chi connectivity index (χ2n) is 3.75. The van der Waals surface area contributed by atoms with Gasteiger partial charge in [0.2, 0.25) is 0 Å². The first-order valence-corrected chi connectivity index (χ1v) is 4.78. The smallest absolute Gasteiger partial charge is 0.131 e. The van der Waals surface area contributed by atoms with Crippen molar-refractivity contribution in [1.82, 2.24) is 5.32 Å². The van der Waals surface area contributed by atoms with E-state index in [9.17, 15) is 0 Å². The van der Waals surface area contributed by atoms with Crippen LogP contribution in [-0.4, -0.2) is 19.3 Å². The maximum atomic E-state index is 5.26. The third kappa shape index (κ3) is 3.59. The third-order valence-corrected chi connectivity index (χ3v) is 1.85. The average Bonchev–Trinajstić information content (AvgIpc) is 2.08. The van der Waals surface area contributed by atoms with Gasteiger partial charge < -0.3 is 10.2 Å². The zero-order valence-electron chi connectivity index (χ0n) is 8.63. The van der Waals surface area contributed by atoms with Crippen molar-refractivity contribution in [3.8, 4) is 0 Å². The number of nitrogens with zero attached hydrogens (tertiary/aromatic N) is 1. The van der Waals surface area contributed by atoms with Gasteiger partial charge in [-0.1, -0.05) is 19.0 Å². The highest BCUT2D eigenvalue weighted by atomic mass is 16.6. The number of nitrogens with one attached hydrogen (secondary N) is 1. The Bertz CT molecular complexity index is 219. The molecule has 1 N–H and O–H groups in total. The SMILES string of the molecule is CNCC1=NOC(CC(C)C)=CC1. The summed E-state index contributed by atoms with van der Waals surface area (Å²) in [6.07, 6.45) is 4.03. The van der Waals surface area contributed by atoms with E-state index in [0.717, 1.165) is 30.9 Å². The highest BCUT2D eigenvalue weighted by Gasteiger charge is 2.09. The van der Waals surface area contributed by atoms with E-state index in [1.807, 2.05) is 7.05 Å². The van der Waals surface area contributed by atoms with Crippen LogP contribution in [0.15, 0.2) is 17.0 Å². The monoisotopic (exact) mass is 182 g/mol. The maximum Gasteiger partial charge on any atom is 0.131 e. The molecular formula is C10H18N2O. The summed E-state index contributed by atoms with van der Waals surface area (Å²) in [5.74, 6) is 1.64. The molecule has 0 atom stereocenters. The number of rotatable bonds is 4. The van der Waals surface area contributed by atoms with Gasteiger partial charge in [-0.3, -0.25) is 0 Å². The fraction of sp³-hybridized carbons (Fsp3) is 0.700. The van der Waals surface area contributed by atoms with E-state index in [0.29, 0.717) is 5.92 Å². The minimum absolute atomic E-state index is 0.632. The van der Waals surface area contributed by atoms with Crippen molar-refractivity contribution in [1.29, 1.82) is 0 Å². The quantitative estimate of drug-likeness (QED) is 0.720. The molecule has 0 saturated carbocycles. The highest BCUT2D eigenvalue weighted by Crippen LogP contribution is 2.16. The number of oxime groups is 1. The highest BCUT2D eigenvalue weighted by molar-refractivity contribution is 5.87. The first-order valence-electron chi connectivity index (χ1n) is 4.78. The summed E-state index contributed by atoms with van der Waals surface area (Å²) in [4.78, 5) is 5.26. The molecule has 74 valence electrons. The lowest BCUT2D eigenvalue weighted by molar-refractivity contribution is 0.201. The number of hydrogen-bond acceptors (Lipinski definition) is 3. The van der Waals surface area contributed by atoms with Crippen LogP contribution in [0.5, 0.6) is 0 Å². The lowest BCUT2D eigenvalue weighted by atomic mass is 10.1. The van der Waals surface area contributed by atoms with E-state index < -0.39 is 0 Å². The summed E-state index contributed by atoms with van der Waals surface area (Å²) in [7, 11) is 1.91. The molecule has 0 aromatic carbocycles. The fourth-order valence-corrected chi connectivity index (χ4v) is 1.26. The van der Waals surface area contributed by atoms with Crippen LogP contribution < -0.4 is 5.32 Å². The van der Waals surface area contributed by atoms with Gasteiger partial charge in [-0.05, 0) is 19.0 Å². The van der Waals surface area contributed by atoms with E-state index in [1.165, 1.54) is 0 Å². The maximum absolute atomic E-state index is 5.26. The Morgan fingerprint density at radius 3 is 2.85 bits per heavy atom. The standard InChI is InChI=1S/C10H18N2O/c1-8(2)6-10-5-4-9(7-11-3)12-13-10/h5,8,11H,4,6-7H2,1-3H3. The van der Waals surface area contributed by atoms with Crippen LogP contribution in [-0.2, 0) is 4.84 Å². The van der Waals surface area contributed by atoms with Crippen molar-refractivity contribution in [2.75, 3.05) is 13.6 Å². The van der Waals surface area contributed by atoms with Gasteiger partial charge in [0.1, 0.15) is 5.76 Å². The van der Waals surface area contributed by atoms with E-state index in [-0.39, 0.29) is 0 Å². The van der Waals surface area contributed by atoms with Gasteiger partial charge in [-0.25, -0.2) is 0 Å². The summed E-state index contributed by atoms with van der Waals surface area (Å²) in [6, 6.07) is 0. The molecule has 1 aliphatic heterocycles. The molecule has 3 nitrogen and oxygen atoms in total. The second-order valence-corrected chi connectivity index (χ2v) is 3.75. The lowest BCUT2D eigenvalue weighted by Gasteiger charge is -2.13. The Hall–Kier alpha value is -0.830. The largest absolute Gasteiger partial charge is 0.362 e. The Morgan fingerprint density at radius 1 is 1.62 bits per heavy atom. The molecule has 1 aliphatic rings. The second kappa shape index (κ2) is 5.02. The summed E-state index contributed by atoms with van der Waals surface area (Å²) in [5.41, 5.74) is 1.06. The van der Waals surface area contributed by atoms with Gasteiger partial charge in [-0.15, -0.1) is 0 Å². The predicted molar refractivity (Wildman–Crippen MR) is 54.6 cm³/mol. The molecular weight excluding hydrogens is 164 g/mol. The Kier molecular flexibility index (Phi) is 3.96. The molecule has 0 spiro atoms. The van der Waals surface area contributed by atoms with Crippen molar-refractivity contribution in [3.63, 3.8) is 0 Å².